The third kappa shape index (κ3) is 3.22. The monoisotopic (exact) mass is 282 g/mol. The summed E-state index contributed by atoms with van der Waals surface area (Å²) in [6.45, 7) is 2.81. The quantitative estimate of drug-likeness (QED) is 0.909. The molecule has 96 valence electrons. The molecule has 3 nitrogen and oxygen atoms in total. The van der Waals surface area contributed by atoms with Crippen molar-refractivity contribution in [3.8, 4) is 5.75 Å². The molecule has 0 saturated carbocycles. The SMILES string of the molecule is COc1ccccc1C(C)NCc1ncc(Cl)s1. The number of hydrogen-bond donors (Lipinski definition) is 1. The third-order valence-electron chi connectivity index (χ3n) is 2.69. The predicted octanol–water partition coefficient (Wildman–Crippen LogP) is 3.66. The van der Waals surface area contributed by atoms with E-state index in [2.05, 4.69) is 23.3 Å². The molecule has 18 heavy (non-hydrogen) atoms. The third-order valence-corrected chi connectivity index (χ3v) is 3.81. The number of hydrogen-bond acceptors (Lipinski definition) is 4. The van der Waals surface area contributed by atoms with E-state index in [-0.39, 0.29) is 6.04 Å². The van der Waals surface area contributed by atoms with Gasteiger partial charge in [-0.1, -0.05) is 29.8 Å². The molecule has 5 heteroatoms. The summed E-state index contributed by atoms with van der Waals surface area (Å²) in [6.07, 6.45) is 1.68. The van der Waals surface area contributed by atoms with Gasteiger partial charge in [0.1, 0.15) is 15.1 Å². The number of methoxy groups -OCH3 is 1. The van der Waals surface area contributed by atoms with Crippen LogP contribution >= 0.6 is 22.9 Å². The van der Waals surface area contributed by atoms with Crippen molar-refractivity contribution in [1.82, 2.24) is 10.3 Å². The van der Waals surface area contributed by atoms with E-state index >= 15 is 0 Å². The highest BCUT2D eigenvalue weighted by Gasteiger charge is 2.10. The molecular formula is C13H15ClN2OS. The van der Waals surface area contributed by atoms with Gasteiger partial charge in [0.25, 0.3) is 0 Å². The van der Waals surface area contributed by atoms with Gasteiger partial charge in [-0.2, -0.15) is 0 Å². The molecule has 1 aromatic heterocycles. The fourth-order valence-corrected chi connectivity index (χ4v) is 2.65. The van der Waals surface area contributed by atoms with E-state index in [1.807, 2.05) is 18.2 Å². The zero-order valence-electron chi connectivity index (χ0n) is 10.3. The van der Waals surface area contributed by atoms with Crippen LogP contribution in [0.1, 0.15) is 23.5 Å². The molecule has 0 aliphatic carbocycles. The van der Waals surface area contributed by atoms with Crippen molar-refractivity contribution in [2.75, 3.05) is 7.11 Å². The summed E-state index contributed by atoms with van der Waals surface area (Å²) in [5.74, 6) is 0.898. The molecule has 2 rings (SSSR count). The molecule has 1 unspecified atom stereocenters. The van der Waals surface area contributed by atoms with Crippen LogP contribution in [0.3, 0.4) is 0 Å². The van der Waals surface area contributed by atoms with E-state index in [9.17, 15) is 0 Å². The van der Waals surface area contributed by atoms with E-state index < -0.39 is 0 Å². The summed E-state index contributed by atoms with van der Waals surface area (Å²) < 4.78 is 6.07. The molecule has 0 amide bonds. The summed E-state index contributed by atoms with van der Waals surface area (Å²) >= 11 is 7.34. The maximum absolute atomic E-state index is 5.85. The maximum atomic E-state index is 5.85. The Balaban J connectivity index is 2.01. The van der Waals surface area contributed by atoms with Crippen molar-refractivity contribution in [3.63, 3.8) is 0 Å². The Hall–Kier alpha value is -1.10. The van der Waals surface area contributed by atoms with Crippen LogP contribution in [0, 0.1) is 0 Å². The largest absolute Gasteiger partial charge is 0.496 e. The van der Waals surface area contributed by atoms with E-state index in [4.69, 9.17) is 16.3 Å². The number of nitrogens with one attached hydrogen (secondary N) is 1. The van der Waals surface area contributed by atoms with Crippen molar-refractivity contribution in [3.05, 3.63) is 45.4 Å². The van der Waals surface area contributed by atoms with Crippen LogP contribution in [0.5, 0.6) is 5.75 Å². The second-order valence-electron chi connectivity index (χ2n) is 3.90. The van der Waals surface area contributed by atoms with Gasteiger partial charge in [-0.05, 0) is 13.0 Å². The standard InChI is InChI=1S/C13H15ClN2OS/c1-9(10-5-3-4-6-11(10)17-2)15-8-13-16-7-12(14)18-13/h3-7,9,15H,8H2,1-2H3. The van der Waals surface area contributed by atoms with Gasteiger partial charge in [0.2, 0.25) is 0 Å². The Morgan fingerprint density at radius 1 is 1.44 bits per heavy atom. The van der Waals surface area contributed by atoms with Gasteiger partial charge in [0.15, 0.2) is 0 Å². The summed E-state index contributed by atoms with van der Waals surface area (Å²) in [4.78, 5) is 4.22. The highest BCUT2D eigenvalue weighted by atomic mass is 35.5. The Labute approximate surface area is 116 Å². The van der Waals surface area contributed by atoms with E-state index in [1.54, 1.807) is 13.3 Å². The number of thiazole rings is 1. The summed E-state index contributed by atoms with van der Waals surface area (Å²) in [7, 11) is 1.69. The van der Waals surface area contributed by atoms with Crippen LogP contribution in [-0.4, -0.2) is 12.1 Å². The second-order valence-corrected chi connectivity index (χ2v) is 5.65. The first-order chi connectivity index (χ1) is 8.70. The minimum absolute atomic E-state index is 0.198. The number of ether oxygens (including phenoxy) is 1. The molecule has 1 N–H and O–H groups in total. The Kier molecular flexibility index (Phi) is 4.58. The van der Waals surface area contributed by atoms with Crippen molar-refractivity contribution < 1.29 is 4.74 Å². The van der Waals surface area contributed by atoms with Crippen LogP contribution in [0.25, 0.3) is 0 Å². The molecule has 0 saturated heterocycles. The van der Waals surface area contributed by atoms with Gasteiger partial charge in [0.05, 0.1) is 13.3 Å². The Bertz CT molecular complexity index is 515. The van der Waals surface area contributed by atoms with E-state index in [0.29, 0.717) is 6.54 Å². The lowest BCUT2D eigenvalue weighted by molar-refractivity contribution is 0.401. The minimum atomic E-state index is 0.198. The molecule has 0 fully saturated rings. The number of halogens is 1. The molecule has 0 bridgehead atoms. The first-order valence-electron chi connectivity index (χ1n) is 5.67. The maximum Gasteiger partial charge on any atom is 0.123 e. The van der Waals surface area contributed by atoms with Crippen LogP contribution in [0.2, 0.25) is 4.34 Å². The number of nitrogens with zero attached hydrogens (tertiary/aromatic N) is 1. The van der Waals surface area contributed by atoms with Gasteiger partial charge < -0.3 is 10.1 Å². The Morgan fingerprint density at radius 2 is 2.22 bits per heavy atom. The number of rotatable bonds is 5. The molecule has 1 atom stereocenters. The molecule has 0 radical (unpaired) electrons. The number of para-hydroxylation sites is 1. The van der Waals surface area contributed by atoms with Crippen LogP contribution < -0.4 is 10.1 Å². The molecule has 0 aliphatic rings. The van der Waals surface area contributed by atoms with Gasteiger partial charge >= 0.3 is 0 Å². The number of benzene rings is 1. The lowest BCUT2D eigenvalue weighted by Gasteiger charge is -2.16. The molecule has 2 aromatic rings. The zero-order valence-corrected chi connectivity index (χ0v) is 11.9. The normalized spacial score (nSPS) is 12.4. The zero-order chi connectivity index (χ0) is 13.0. The fourth-order valence-electron chi connectivity index (χ4n) is 1.74. The lowest BCUT2D eigenvalue weighted by Crippen LogP contribution is -2.18. The average Bonchev–Trinajstić information content (AvgIpc) is 2.81. The highest BCUT2D eigenvalue weighted by molar-refractivity contribution is 7.15. The van der Waals surface area contributed by atoms with Crippen LogP contribution in [-0.2, 0) is 6.54 Å². The molecular weight excluding hydrogens is 268 g/mol. The number of aromatic nitrogens is 1. The van der Waals surface area contributed by atoms with Crippen molar-refractivity contribution in [1.29, 1.82) is 0 Å². The van der Waals surface area contributed by atoms with Gasteiger partial charge in [0, 0.05) is 18.2 Å². The average molecular weight is 283 g/mol. The fraction of sp³-hybridized carbons (Fsp3) is 0.308. The van der Waals surface area contributed by atoms with Gasteiger partial charge in [-0.25, -0.2) is 4.98 Å². The van der Waals surface area contributed by atoms with Gasteiger partial charge in [-0.15, -0.1) is 11.3 Å². The first-order valence-corrected chi connectivity index (χ1v) is 6.86. The van der Waals surface area contributed by atoms with E-state index in [1.165, 1.54) is 11.3 Å². The molecule has 0 aliphatic heterocycles. The topological polar surface area (TPSA) is 34.1 Å². The van der Waals surface area contributed by atoms with Crippen molar-refractivity contribution in [2.45, 2.75) is 19.5 Å². The smallest absolute Gasteiger partial charge is 0.123 e. The molecule has 0 spiro atoms. The second kappa shape index (κ2) is 6.18. The molecule has 1 heterocycles. The van der Waals surface area contributed by atoms with Gasteiger partial charge in [-0.3, -0.25) is 0 Å². The van der Waals surface area contributed by atoms with E-state index in [0.717, 1.165) is 20.7 Å². The Morgan fingerprint density at radius 3 is 2.89 bits per heavy atom. The first kappa shape index (κ1) is 13.3. The summed E-state index contributed by atoms with van der Waals surface area (Å²) in [5.41, 5.74) is 1.14. The van der Waals surface area contributed by atoms with Crippen LogP contribution in [0.15, 0.2) is 30.5 Å². The summed E-state index contributed by atoms with van der Waals surface area (Å²) in [6, 6.07) is 8.20. The summed E-state index contributed by atoms with van der Waals surface area (Å²) in [5, 5.41) is 4.40. The predicted molar refractivity (Wildman–Crippen MR) is 75.4 cm³/mol. The van der Waals surface area contributed by atoms with Crippen molar-refractivity contribution in [2.24, 2.45) is 0 Å². The minimum Gasteiger partial charge on any atom is -0.496 e. The van der Waals surface area contributed by atoms with Crippen LogP contribution in [0.4, 0.5) is 0 Å². The lowest BCUT2D eigenvalue weighted by atomic mass is 10.1. The highest BCUT2D eigenvalue weighted by Crippen LogP contribution is 2.25. The van der Waals surface area contributed by atoms with Crippen molar-refractivity contribution >= 4 is 22.9 Å². The molecule has 1 aromatic carbocycles.